The fourth-order valence-corrected chi connectivity index (χ4v) is 1.81. The SMILES string of the molecule is N[C@H](CCO)c1cc(Br)cc(C(F)(F)F)c1. The first-order valence-electron chi connectivity index (χ1n) is 4.58. The van der Waals surface area contributed by atoms with E-state index in [1.165, 1.54) is 6.07 Å². The van der Waals surface area contributed by atoms with Crippen molar-refractivity contribution >= 4 is 15.9 Å². The third kappa shape index (κ3) is 3.47. The summed E-state index contributed by atoms with van der Waals surface area (Å²) in [4.78, 5) is 0. The maximum atomic E-state index is 12.5. The molecule has 2 nitrogen and oxygen atoms in total. The summed E-state index contributed by atoms with van der Waals surface area (Å²) in [5.74, 6) is 0. The van der Waals surface area contributed by atoms with E-state index in [2.05, 4.69) is 15.9 Å². The van der Waals surface area contributed by atoms with Gasteiger partial charge in [-0.25, -0.2) is 0 Å². The van der Waals surface area contributed by atoms with Gasteiger partial charge in [0, 0.05) is 17.1 Å². The predicted octanol–water partition coefficient (Wildman–Crippen LogP) is 2.85. The summed E-state index contributed by atoms with van der Waals surface area (Å²) in [5.41, 5.74) is 5.25. The van der Waals surface area contributed by atoms with Crippen LogP contribution in [0.2, 0.25) is 0 Å². The Morgan fingerprint density at radius 2 is 1.94 bits per heavy atom. The third-order valence-corrected chi connectivity index (χ3v) is 2.57. The normalized spacial score (nSPS) is 13.9. The van der Waals surface area contributed by atoms with Crippen molar-refractivity contribution in [2.45, 2.75) is 18.6 Å². The minimum absolute atomic E-state index is 0.158. The Labute approximate surface area is 99.4 Å². The van der Waals surface area contributed by atoms with Gasteiger partial charge in [0.05, 0.1) is 5.56 Å². The first-order chi connectivity index (χ1) is 7.34. The highest BCUT2D eigenvalue weighted by Gasteiger charge is 2.31. The van der Waals surface area contributed by atoms with E-state index in [9.17, 15) is 13.2 Å². The Morgan fingerprint density at radius 1 is 1.31 bits per heavy atom. The second-order valence-electron chi connectivity index (χ2n) is 3.39. The number of nitrogens with two attached hydrogens (primary N) is 1. The van der Waals surface area contributed by atoms with Crippen LogP contribution in [0.5, 0.6) is 0 Å². The minimum atomic E-state index is -4.39. The second kappa shape index (κ2) is 5.16. The average Bonchev–Trinajstić information content (AvgIpc) is 2.16. The van der Waals surface area contributed by atoms with Gasteiger partial charge in [-0.1, -0.05) is 15.9 Å². The lowest BCUT2D eigenvalue weighted by atomic mass is 10.0. The van der Waals surface area contributed by atoms with Gasteiger partial charge in [0.1, 0.15) is 0 Å². The number of aliphatic hydroxyl groups excluding tert-OH is 1. The van der Waals surface area contributed by atoms with E-state index in [1.807, 2.05) is 0 Å². The van der Waals surface area contributed by atoms with E-state index in [0.29, 0.717) is 10.0 Å². The predicted molar refractivity (Wildman–Crippen MR) is 57.8 cm³/mol. The molecule has 0 spiro atoms. The van der Waals surface area contributed by atoms with Crippen LogP contribution >= 0.6 is 15.9 Å². The Hall–Kier alpha value is -0.590. The van der Waals surface area contributed by atoms with Crippen molar-refractivity contribution in [1.82, 2.24) is 0 Å². The summed E-state index contributed by atoms with van der Waals surface area (Å²) in [5, 5.41) is 8.68. The minimum Gasteiger partial charge on any atom is -0.396 e. The Balaban J connectivity index is 3.08. The summed E-state index contributed by atoms with van der Waals surface area (Å²) in [6, 6.07) is 2.93. The van der Waals surface area contributed by atoms with E-state index in [1.54, 1.807) is 0 Å². The van der Waals surface area contributed by atoms with E-state index < -0.39 is 17.8 Å². The summed E-state index contributed by atoms with van der Waals surface area (Å²) in [6.45, 7) is -0.158. The molecule has 90 valence electrons. The highest BCUT2D eigenvalue weighted by molar-refractivity contribution is 9.10. The Bertz CT molecular complexity index is 368. The second-order valence-corrected chi connectivity index (χ2v) is 4.31. The first-order valence-corrected chi connectivity index (χ1v) is 5.38. The zero-order valence-corrected chi connectivity index (χ0v) is 9.85. The molecule has 6 heteroatoms. The maximum Gasteiger partial charge on any atom is 0.416 e. The number of halogens is 4. The third-order valence-electron chi connectivity index (χ3n) is 2.12. The molecule has 0 aliphatic heterocycles. The van der Waals surface area contributed by atoms with Gasteiger partial charge in [0.15, 0.2) is 0 Å². The molecule has 0 fully saturated rings. The van der Waals surface area contributed by atoms with Crippen molar-refractivity contribution in [3.05, 3.63) is 33.8 Å². The molecule has 0 unspecified atom stereocenters. The highest BCUT2D eigenvalue weighted by atomic mass is 79.9. The van der Waals surface area contributed by atoms with E-state index in [0.717, 1.165) is 12.1 Å². The molecule has 3 N–H and O–H groups in total. The zero-order valence-electron chi connectivity index (χ0n) is 8.26. The van der Waals surface area contributed by atoms with Gasteiger partial charge >= 0.3 is 6.18 Å². The van der Waals surface area contributed by atoms with Gasteiger partial charge < -0.3 is 10.8 Å². The fraction of sp³-hybridized carbons (Fsp3) is 0.400. The molecule has 1 aromatic carbocycles. The van der Waals surface area contributed by atoms with Crippen molar-refractivity contribution in [2.24, 2.45) is 5.73 Å². The molecule has 0 saturated heterocycles. The lowest BCUT2D eigenvalue weighted by molar-refractivity contribution is -0.137. The van der Waals surface area contributed by atoms with E-state index >= 15 is 0 Å². The highest BCUT2D eigenvalue weighted by Crippen LogP contribution is 2.33. The molecular formula is C10H11BrF3NO. The van der Waals surface area contributed by atoms with Crippen LogP contribution in [-0.2, 0) is 6.18 Å². The number of rotatable bonds is 3. The van der Waals surface area contributed by atoms with Gasteiger partial charge in [-0.15, -0.1) is 0 Å². The monoisotopic (exact) mass is 297 g/mol. The van der Waals surface area contributed by atoms with Crippen LogP contribution in [0, 0.1) is 0 Å². The van der Waals surface area contributed by atoms with Crippen LogP contribution in [0.1, 0.15) is 23.6 Å². The molecule has 16 heavy (non-hydrogen) atoms. The number of hydrogen-bond donors (Lipinski definition) is 2. The van der Waals surface area contributed by atoms with Crippen LogP contribution in [0.25, 0.3) is 0 Å². The van der Waals surface area contributed by atoms with Crippen LogP contribution < -0.4 is 5.73 Å². The summed E-state index contributed by atoms with van der Waals surface area (Å²) < 4.78 is 37.8. The number of hydrogen-bond acceptors (Lipinski definition) is 2. The van der Waals surface area contributed by atoms with Crippen LogP contribution in [0.15, 0.2) is 22.7 Å². The van der Waals surface area contributed by atoms with Crippen molar-refractivity contribution in [2.75, 3.05) is 6.61 Å². The Morgan fingerprint density at radius 3 is 2.44 bits per heavy atom. The van der Waals surface area contributed by atoms with Gasteiger partial charge in [-0.3, -0.25) is 0 Å². The largest absolute Gasteiger partial charge is 0.416 e. The molecule has 0 radical (unpaired) electrons. The van der Waals surface area contributed by atoms with Crippen LogP contribution in [-0.4, -0.2) is 11.7 Å². The lowest BCUT2D eigenvalue weighted by Crippen LogP contribution is -2.14. The van der Waals surface area contributed by atoms with E-state index in [4.69, 9.17) is 10.8 Å². The zero-order chi connectivity index (χ0) is 12.3. The average molecular weight is 298 g/mol. The molecule has 0 amide bonds. The molecule has 0 aromatic heterocycles. The molecule has 0 saturated carbocycles. The summed E-state index contributed by atoms with van der Waals surface area (Å²) in [7, 11) is 0. The molecule has 1 atom stereocenters. The topological polar surface area (TPSA) is 46.2 Å². The molecule has 1 aromatic rings. The summed E-state index contributed by atoms with van der Waals surface area (Å²) >= 11 is 3.01. The standard InChI is InChI=1S/C10H11BrF3NO/c11-8-4-6(9(15)1-2-16)3-7(5-8)10(12,13)14/h3-5,9,16H,1-2,15H2/t9-/m1/s1. The van der Waals surface area contributed by atoms with Crippen molar-refractivity contribution < 1.29 is 18.3 Å². The number of benzene rings is 1. The molecular weight excluding hydrogens is 287 g/mol. The quantitative estimate of drug-likeness (QED) is 0.901. The van der Waals surface area contributed by atoms with Crippen molar-refractivity contribution in [3.8, 4) is 0 Å². The van der Waals surface area contributed by atoms with Crippen molar-refractivity contribution in [1.29, 1.82) is 0 Å². The maximum absolute atomic E-state index is 12.5. The molecule has 0 aliphatic rings. The molecule has 1 rings (SSSR count). The molecule has 0 heterocycles. The fourth-order valence-electron chi connectivity index (χ4n) is 1.30. The van der Waals surface area contributed by atoms with Gasteiger partial charge in [-0.2, -0.15) is 13.2 Å². The van der Waals surface area contributed by atoms with Crippen molar-refractivity contribution in [3.63, 3.8) is 0 Å². The lowest BCUT2D eigenvalue weighted by Gasteiger charge is -2.14. The first kappa shape index (κ1) is 13.5. The molecule has 0 aliphatic carbocycles. The Kier molecular flexibility index (Phi) is 4.35. The number of aliphatic hydroxyl groups is 1. The smallest absolute Gasteiger partial charge is 0.396 e. The van der Waals surface area contributed by atoms with Crippen LogP contribution in [0.3, 0.4) is 0 Å². The van der Waals surface area contributed by atoms with Crippen LogP contribution in [0.4, 0.5) is 13.2 Å². The summed E-state index contributed by atoms with van der Waals surface area (Å²) in [6.07, 6.45) is -4.16. The van der Waals surface area contributed by atoms with Gasteiger partial charge in [0.25, 0.3) is 0 Å². The number of alkyl halides is 3. The van der Waals surface area contributed by atoms with Gasteiger partial charge in [-0.05, 0) is 30.2 Å². The van der Waals surface area contributed by atoms with Gasteiger partial charge in [0.2, 0.25) is 0 Å². The molecule has 0 bridgehead atoms. The van der Waals surface area contributed by atoms with E-state index in [-0.39, 0.29) is 13.0 Å².